The first-order valence-electron chi connectivity index (χ1n) is 25.5. The molecule has 0 radical (unpaired) electrons. The smallest absolute Gasteiger partial charge is 0.410 e. The van der Waals surface area contributed by atoms with Gasteiger partial charge in [0.25, 0.3) is 0 Å². The highest BCUT2D eigenvalue weighted by atomic mass is 16.6. The number of amides is 2. The Kier molecular flexibility index (Phi) is 10.8. The van der Waals surface area contributed by atoms with E-state index >= 15 is 4.79 Å². The number of carboxylic acids is 1. The molecule has 1 unspecified atom stereocenters. The molecule has 12 atom stereocenters. The Hall–Kier alpha value is -3.10. The van der Waals surface area contributed by atoms with E-state index in [2.05, 4.69) is 46.4 Å². The topological polar surface area (TPSA) is 113 Å². The number of rotatable bonds is 7. The second-order valence-corrected chi connectivity index (χ2v) is 26.2. The SMILES string of the molecule is CC(C)(C)OC(=O)N1CCN(C(=O)[C@]23CCC(C4(C)CC4)[C@@H]2[C@H]2CC[C@@H]4[C@]5(C)CC[C@H]([C@@]6(C(=O)O)C[C@@H](C(=O)OCc7ccccc7)C6(C)C)C(C)(C)[C@H]5CC[C@@]4(C)[C@]2(C)CC3)CC1. The molecule has 1 aromatic rings. The van der Waals surface area contributed by atoms with Crippen LogP contribution in [0.15, 0.2) is 30.3 Å². The Labute approximate surface area is 384 Å². The van der Waals surface area contributed by atoms with Gasteiger partial charge in [0.05, 0.1) is 16.7 Å². The van der Waals surface area contributed by atoms with Crippen LogP contribution in [0, 0.1) is 84.7 Å². The zero-order chi connectivity index (χ0) is 46.3. The van der Waals surface area contributed by atoms with Crippen LogP contribution < -0.4 is 0 Å². The van der Waals surface area contributed by atoms with E-state index in [9.17, 15) is 19.5 Å². The van der Waals surface area contributed by atoms with Gasteiger partial charge in [0, 0.05) is 26.2 Å². The molecule has 9 nitrogen and oxygen atoms in total. The van der Waals surface area contributed by atoms with E-state index in [1.54, 1.807) is 4.90 Å². The van der Waals surface area contributed by atoms with Gasteiger partial charge in [0.15, 0.2) is 0 Å². The van der Waals surface area contributed by atoms with E-state index in [0.717, 1.165) is 56.9 Å². The number of benzene rings is 1. The van der Waals surface area contributed by atoms with Gasteiger partial charge in [-0.2, -0.15) is 0 Å². The fourth-order valence-corrected chi connectivity index (χ4v) is 18.3. The highest BCUT2D eigenvalue weighted by Crippen LogP contribution is 2.81. The number of esters is 1. The van der Waals surface area contributed by atoms with E-state index in [1.807, 2.05) is 65.0 Å². The molecule has 9 rings (SSSR count). The van der Waals surface area contributed by atoms with Crippen LogP contribution in [0.1, 0.15) is 165 Å². The Morgan fingerprint density at radius 1 is 0.688 bits per heavy atom. The van der Waals surface area contributed by atoms with Gasteiger partial charge < -0.3 is 24.4 Å². The van der Waals surface area contributed by atoms with Gasteiger partial charge in [-0.05, 0) is 178 Å². The van der Waals surface area contributed by atoms with E-state index in [4.69, 9.17) is 9.47 Å². The minimum absolute atomic E-state index is 0.0501. The summed E-state index contributed by atoms with van der Waals surface area (Å²) in [7, 11) is 0. The minimum atomic E-state index is -1.00. The van der Waals surface area contributed by atoms with E-state index < -0.39 is 28.3 Å². The van der Waals surface area contributed by atoms with Crippen molar-refractivity contribution < 1.29 is 33.8 Å². The summed E-state index contributed by atoms with van der Waals surface area (Å²) < 4.78 is 11.6. The molecule has 7 aliphatic carbocycles. The minimum Gasteiger partial charge on any atom is -0.481 e. The standard InChI is InChI=1S/C55H82N2O7/c1-47(2,3)64-46(62)57-31-29-56(30-32-57)44(59)54-24-19-36(50(8)25-26-50)42(54)37-17-18-41-51(9)22-20-40(48(4,5)39(51)21-23-53(41,11)52(37,10)27-28-54)55(45(60)61)33-38(49(55,6)7)43(58)63-34-35-15-13-12-14-16-35/h12-16,36-42H,17-34H2,1-11H3,(H,60,61)/t36?,37-,38+,39-,40+,41-,42-,51-,52-,53-,54+,55-/m1/s1. The monoisotopic (exact) mass is 883 g/mol. The first-order chi connectivity index (χ1) is 29.8. The molecule has 354 valence electrons. The fourth-order valence-electron chi connectivity index (χ4n) is 18.3. The van der Waals surface area contributed by atoms with Crippen molar-refractivity contribution in [1.29, 1.82) is 0 Å². The number of carbonyl (C=O) groups is 4. The molecule has 2 amide bonds. The van der Waals surface area contributed by atoms with Gasteiger partial charge in [0.2, 0.25) is 5.91 Å². The van der Waals surface area contributed by atoms with E-state index in [1.165, 1.54) is 25.7 Å². The molecule has 1 aliphatic heterocycles. The van der Waals surface area contributed by atoms with Crippen LogP contribution in [0.2, 0.25) is 0 Å². The summed E-state index contributed by atoms with van der Waals surface area (Å²) in [5.74, 6) is 1.19. The van der Waals surface area contributed by atoms with Crippen molar-refractivity contribution in [3.8, 4) is 0 Å². The van der Waals surface area contributed by atoms with E-state index in [0.29, 0.717) is 73.5 Å². The summed E-state index contributed by atoms with van der Waals surface area (Å²) in [5, 5.41) is 11.3. The summed E-state index contributed by atoms with van der Waals surface area (Å²) in [6, 6.07) is 9.73. The lowest BCUT2D eigenvalue weighted by molar-refractivity contribution is -0.270. The fraction of sp³-hybridized carbons (Fsp3) is 0.818. The van der Waals surface area contributed by atoms with Crippen molar-refractivity contribution in [3.05, 3.63) is 35.9 Å². The normalized spacial score (nSPS) is 42.7. The van der Waals surface area contributed by atoms with Crippen molar-refractivity contribution in [1.82, 2.24) is 9.80 Å². The molecule has 1 aromatic carbocycles. The van der Waals surface area contributed by atoms with Gasteiger partial charge in [-0.3, -0.25) is 14.4 Å². The number of piperazine rings is 1. The van der Waals surface area contributed by atoms with Crippen molar-refractivity contribution in [2.45, 2.75) is 172 Å². The molecule has 8 aliphatic rings. The molecule has 1 N–H and O–H groups in total. The van der Waals surface area contributed by atoms with Crippen LogP contribution in [0.3, 0.4) is 0 Å². The van der Waals surface area contributed by atoms with Crippen LogP contribution in [-0.4, -0.2) is 70.6 Å². The lowest BCUT2D eigenvalue weighted by Crippen LogP contribution is -2.71. The molecule has 0 aromatic heterocycles. The Morgan fingerprint density at radius 3 is 1.94 bits per heavy atom. The second-order valence-electron chi connectivity index (χ2n) is 26.2. The number of hydrogen-bond donors (Lipinski definition) is 1. The third-order valence-electron chi connectivity index (χ3n) is 22.1. The second kappa shape index (κ2) is 14.9. The van der Waals surface area contributed by atoms with Crippen LogP contribution >= 0.6 is 0 Å². The van der Waals surface area contributed by atoms with Gasteiger partial charge in [-0.15, -0.1) is 0 Å². The Balaban J connectivity index is 0.954. The van der Waals surface area contributed by atoms with Crippen LogP contribution in [0.25, 0.3) is 0 Å². The molecule has 7 saturated carbocycles. The quantitative estimate of drug-likeness (QED) is 0.271. The van der Waals surface area contributed by atoms with Crippen LogP contribution in [-0.2, 0) is 30.5 Å². The maximum absolute atomic E-state index is 15.3. The van der Waals surface area contributed by atoms with Crippen molar-refractivity contribution in [2.24, 2.45) is 84.7 Å². The highest BCUT2D eigenvalue weighted by Gasteiger charge is 2.77. The average molecular weight is 883 g/mol. The molecule has 0 spiro atoms. The van der Waals surface area contributed by atoms with Gasteiger partial charge in [-0.25, -0.2) is 4.79 Å². The summed E-state index contributed by atoms with van der Waals surface area (Å²) >= 11 is 0. The largest absolute Gasteiger partial charge is 0.481 e. The molecular formula is C55H82N2O7. The molecule has 64 heavy (non-hydrogen) atoms. The number of aliphatic carboxylic acids is 1. The maximum Gasteiger partial charge on any atom is 0.410 e. The van der Waals surface area contributed by atoms with Crippen molar-refractivity contribution in [3.63, 3.8) is 0 Å². The third kappa shape index (κ3) is 6.45. The van der Waals surface area contributed by atoms with Gasteiger partial charge in [-0.1, -0.05) is 85.7 Å². The van der Waals surface area contributed by atoms with Crippen molar-refractivity contribution in [2.75, 3.05) is 26.2 Å². The van der Waals surface area contributed by atoms with Crippen molar-refractivity contribution >= 4 is 23.9 Å². The summed E-state index contributed by atoms with van der Waals surface area (Å²) in [5.41, 5.74) is -1.31. The lowest BCUT2D eigenvalue weighted by atomic mass is 9.29. The van der Waals surface area contributed by atoms with E-state index in [-0.39, 0.29) is 51.7 Å². The maximum atomic E-state index is 15.3. The lowest BCUT2D eigenvalue weighted by Gasteiger charge is -2.75. The first-order valence-corrected chi connectivity index (χ1v) is 25.5. The number of carboxylic acid groups (broad SMARTS) is 1. The predicted octanol–water partition coefficient (Wildman–Crippen LogP) is 11.4. The average Bonchev–Trinajstić information content (AvgIpc) is 3.84. The predicted molar refractivity (Wildman–Crippen MR) is 248 cm³/mol. The number of ether oxygens (including phenoxy) is 2. The summed E-state index contributed by atoms with van der Waals surface area (Å²) in [6.07, 6.45) is 13.2. The molecule has 9 heteroatoms. The molecule has 1 saturated heterocycles. The zero-order valence-corrected chi connectivity index (χ0v) is 41.4. The highest BCUT2D eigenvalue weighted by molar-refractivity contribution is 5.85. The van der Waals surface area contributed by atoms with Gasteiger partial charge >= 0.3 is 18.0 Å². The first kappa shape index (κ1) is 46.0. The Morgan fingerprint density at radius 2 is 1.33 bits per heavy atom. The molecule has 8 fully saturated rings. The number of carbonyl (C=O) groups excluding carboxylic acids is 3. The van der Waals surface area contributed by atoms with Gasteiger partial charge in [0.1, 0.15) is 12.2 Å². The van der Waals surface area contributed by atoms with Crippen LogP contribution in [0.5, 0.6) is 0 Å². The molecular weight excluding hydrogens is 801 g/mol. The summed E-state index contributed by atoms with van der Waals surface area (Å²) in [6.45, 7) is 27.4. The molecule has 0 bridgehead atoms. The van der Waals surface area contributed by atoms with Crippen LogP contribution in [0.4, 0.5) is 4.79 Å². The zero-order valence-electron chi connectivity index (χ0n) is 41.4. The summed E-state index contributed by atoms with van der Waals surface area (Å²) in [4.78, 5) is 59.8. The molecule has 1 heterocycles. The third-order valence-corrected chi connectivity index (χ3v) is 22.1. The Bertz CT molecular complexity index is 2030. The number of fused-ring (bicyclic) bond motifs is 7. The number of nitrogens with zero attached hydrogens (tertiary/aromatic N) is 2. The number of hydrogen-bond acceptors (Lipinski definition) is 6.